The molecule has 3 aromatic rings. The maximum Gasteiger partial charge on any atom is 0.349 e. The maximum absolute atomic E-state index is 12.4. The number of benzene rings is 2. The van der Waals surface area contributed by atoms with Crippen molar-refractivity contribution in [2.45, 2.75) is 13.0 Å². The molecule has 4 nitrogen and oxygen atoms in total. The number of hydrogen-bond donors (Lipinski definition) is 1. The van der Waals surface area contributed by atoms with Gasteiger partial charge in [-0.05, 0) is 36.8 Å². The largest absolute Gasteiger partial charge is 0.422 e. The van der Waals surface area contributed by atoms with Crippen molar-refractivity contribution in [1.82, 2.24) is 5.32 Å². The van der Waals surface area contributed by atoms with Crippen LogP contribution in [0.3, 0.4) is 0 Å². The van der Waals surface area contributed by atoms with Gasteiger partial charge in [0.15, 0.2) is 0 Å². The first-order valence-corrected chi connectivity index (χ1v) is 7.93. The number of halogens is 1. The van der Waals surface area contributed by atoms with E-state index in [0.29, 0.717) is 11.0 Å². The monoisotopic (exact) mass is 371 g/mol. The van der Waals surface area contributed by atoms with E-state index < -0.39 is 11.5 Å². The lowest BCUT2D eigenvalue weighted by atomic mass is 10.1. The summed E-state index contributed by atoms with van der Waals surface area (Å²) >= 11 is 3.36. The summed E-state index contributed by atoms with van der Waals surface area (Å²) in [4.78, 5) is 24.4. The van der Waals surface area contributed by atoms with Gasteiger partial charge in [0.05, 0.1) is 6.04 Å². The maximum atomic E-state index is 12.4. The smallest absolute Gasteiger partial charge is 0.349 e. The number of amides is 1. The molecule has 0 aliphatic rings. The van der Waals surface area contributed by atoms with Crippen LogP contribution in [0.5, 0.6) is 0 Å². The molecule has 116 valence electrons. The molecular weight excluding hydrogens is 358 g/mol. The summed E-state index contributed by atoms with van der Waals surface area (Å²) in [5, 5.41) is 3.51. The van der Waals surface area contributed by atoms with Gasteiger partial charge in [0.2, 0.25) is 0 Å². The molecule has 0 radical (unpaired) electrons. The summed E-state index contributed by atoms with van der Waals surface area (Å²) in [6, 6.07) is 16.2. The van der Waals surface area contributed by atoms with Crippen LogP contribution in [0.15, 0.2) is 68.3 Å². The van der Waals surface area contributed by atoms with Crippen molar-refractivity contribution in [3.05, 3.63) is 80.6 Å². The molecule has 23 heavy (non-hydrogen) atoms. The van der Waals surface area contributed by atoms with Crippen molar-refractivity contribution < 1.29 is 9.21 Å². The minimum absolute atomic E-state index is 0.00150. The third-order valence-electron chi connectivity index (χ3n) is 3.59. The fourth-order valence-corrected chi connectivity index (χ4v) is 2.73. The van der Waals surface area contributed by atoms with E-state index in [1.54, 1.807) is 24.3 Å². The molecule has 0 saturated heterocycles. The zero-order valence-corrected chi connectivity index (χ0v) is 14.0. The van der Waals surface area contributed by atoms with Gasteiger partial charge in [-0.1, -0.05) is 46.3 Å². The van der Waals surface area contributed by atoms with Crippen molar-refractivity contribution in [1.29, 1.82) is 0 Å². The second-order valence-corrected chi connectivity index (χ2v) is 6.15. The minimum atomic E-state index is -0.641. The average molecular weight is 372 g/mol. The van der Waals surface area contributed by atoms with Gasteiger partial charge in [-0.25, -0.2) is 4.79 Å². The van der Waals surface area contributed by atoms with Crippen LogP contribution < -0.4 is 10.9 Å². The molecule has 3 rings (SSSR count). The normalized spacial score (nSPS) is 12.1. The molecule has 0 aliphatic carbocycles. The van der Waals surface area contributed by atoms with Gasteiger partial charge in [-0.15, -0.1) is 0 Å². The molecule has 1 amide bonds. The van der Waals surface area contributed by atoms with E-state index in [0.717, 1.165) is 10.0 Å². The molecular formula is C18H14BrNO3. The average Bonchev–Trinajstić information content (AvgIpc) is 2.55. The van der Waals surface area contributed by atoms with Gasteiger partial charge in [-0.3, -0.25) is 4.79 Å². The van der Waals surface area contributed by atoms with E-state index >= 15 is 0 Å². The Labute approximate surface area is 141 Å². The molecule has 0 fully saturated rings. The van der Waals surface area contributed by atoms with E-state index in [-0.39, 0.29) is 11.6 Å². The van der Waals surface area contributed by atoms with Gasteiger partial charge in [0.25, 0.3) is 5.91 Å². The summed E-state index contributed by atoms with van der Waals surface area (Å²) in [5.41, 5.74) is 0.774. The molecule has 0 bridgehead atoms. The fraction of sp³-hybridized carbons (Fsp3) is 0.111. The van der Waals surface area contributed by atoms with Gasteiger partial charge >= 0.3 is 5.63 Å². The van der Waals surface area contributed by atoms with Gasteiger partial charge in [-0.2, -0.15) is 0 Å². The number of fused-ring (bicyclic) bond motifs is 1. The number of hydrogen-bond acceptors (Lipinski definition) is 3. The highest BCUT2D eigenvalue weighted by Gasteiger charge is 2.16. The third-order valence-corrected chi connectivity index (χ3v) is 4.08. The van der Waals surface area contributed by atoms with Crippen LogP contribution in [0.25, 0.3) is 11.0 Å². The Morgan fingerprint density at radius 1 is 1.13 bits per heavy atom. The minimum Gasteiger partial charge on any atom is -0.422 e. The van der Waals surface area contributed by atoms with Crippen molar-refractivity contribution >= 4 is 32.8 Å². The third kappa shape index (κ3) is 3.35. The van der Waals surface area contributed by atoms with Crippen LogP contribution in [0.4, 0.5) is 0 Å². The van der Waals surface area contributed by atoms with E-state index in [1.165, 1.54) is 0 Å². The highest BCUT2D eigenvalue weighted by molar-refractivity contribution is 9.10. The van der Waals surface area contributed by atoms with Crippen LogP contribution in [-0.2, 0) is 0 Å². The molecule has 5 heteroatoms. The summed E-state index contributed by atoms with van der Waals surface area (Å²) < 4.78 is 6.07. The van der Waals surface area contributed by atoms with Crippen LogP contribution in [0.2, 0.25) is 0 Å². The van der Waals surface area contributed by atoms with E-state index in [9.17, 15) is 9.59 Å². The molecule has 0 spiro atoms. The molecule has 0 unspecified atom stereocenters. The summed E-state index contributed by atoms with van der Waals surface area (Å²) in [6.45, 7) is 1.87. The van der Waals surface area contributed by atoms with E-state index in [4.69, 9.17) is 4.42 Å². The lowest BCUT2D eigenvalue weighted by Gasteiger charge is -2.14. The highest BCUT2D eigenvalue weighted by Crippen LogP contribution is 2.19. The molecule has 1 N–H and O–H groups in total. The summed E-state index contributed by atoms with van der Waals surface area (Å²) in [7, 11) is 0. The Balaban J connectivity index is 1.91. The Kier molecular flexibility index (Phi) is 4.30. The topological polar surface area (TPSA) is 59.3 Å². The Bertz CT molecular complexity index is 918. The first-order chi connectivity index (χ1) is 11.0. The second-order valence-electron chi connectivity index (χ2n) is 5.24. The first-order valence-electron chi connectivity index (χ1n) is 7.14. The van der Waals surface area contributed by atoms with Crippen LogP contribution in [0, 0.1) is 0 Å². The van der Waals surface area contributed by atoms with Crippen molar-refractivity contribution in [3.8, 4) is 0 Å². The van der Waals surface area contributed by atoms with Crippen LogP contribution >= 0.6 is 15.9 Å². The van der Waals surface area contributed by atoms with Gasteiger partial charge in [0.1, 0.15) is 11.1 Å². The van der Waals surface area contributed by atoms with Gasteiger partial charge in [0, 0.05) is 9.86 Å². The molecule has 0 aliphatic heterocycles. The first kappa shape index (κ1) is 15.5. The quantitative estimate of drug-likeness (QED) is 0.706. The van der Waals surface area contributed by atoms with Crippen molar-refractivity contribution in [3.63, 3.8) is 0 Å². The summed E-state index contributed by atoms with van der Waals surface area (Å²) in [6.07, 6.45) is 0. The zero-order chi connectivity index (χ0) is 16.4. The Hall–Kier alpha value is -2.40. The van der Waals surface area contributed by atoms with E-state index in [2.05, 4.69) is 21.2 Å². The Morgan fingerprint density at radius 3 is 2.61 bits per heavy atom. The molecule has 1 atom stereocenters. The molecule has 1 aromatic heterocycles. The molecule has 1 heterocycles. The lowest BCUT2D eigenvalue weighted by molar-refractivity contribution is 0.0936. The number of nitrogens with one attached hydrogen (secondary N) is 1. The van der Waals surface area contributed by atoms with Crippen LogP contribution in [0.1, 0.15) is 28.9 Å². The van der Waals surface area contributed by atoms with Crippen molar-refractivity contribution in [2.24, 2.45) is 0 Å². The standard InChI is InChI=1S/C18H14BrNO3/c1-11(12-5-3-2-4-6-12)20-17(21)15-10-13-9-14(19)7-8-16(13)23-18(15)22/h2-11H,1H3,(H,20,21)/t11-/m0/s1. The molecule has 0 saturated carbocycles. The second kappa shape index (κ2) is 6.38. The number of rotatable bonds is 3. The highest BCUT2D eigenvalue weighted by atomic mass is 79.9. The summed E-state index contributed by atoms with van der Waals surface area (Å²) in [5.74, 6) is -0.447. The lowest BCUT2D eigenvalue weighted by Crippen LogP contribution is -2.30. The van der Waals surface area contributed by atoms with E-state index in [1.807, 2.05) is 37.3 Å². The Morgan fingerprint density at radius 2 is 1.87 bits per heavy atom. The number of carbonyl (C=O) groups excluding carboxylic acids is 1. The molecule has 2 aromatic carbocycles. The SMILES string of the molecule is C[C@H](NC(=O)c1cc2cc(Br)ccc2oc1=O)c1ccccc1. The van der Waals surface area contributed by atoms with Crippen LogP contribution in [-0.4, -0.2) is 5.91 Å². The fourth-order valence-electron chi connectivity index (χ4n) is 2.35. The predicted molar refractivity (Wildman–Crippen MR) is 92.5 cm³/mol. The number of carbonyl (C=O) groups is 1. The predicted octanol–water partition coefficient (Wildman–Crippen LogP) is 4.05. The van der Waals surface area contributed by atoms with Gasteiger partial charge < -0.3 is 9.73 Å². The van der Waals surface area contributed by atoms with Crippen molar-refractivity contribution in [2.75, 3.05) is 0 Å². The zero-order valence-electron chi connectivity index (χ0n) is 12.4.